The molecule has 0 saturated carbocycles. The molecule has 0 spiro atoms. The smallest absolute Gasteiger partial charge is 0.231 e. The maximum Gasteiger partial charge on any atom is 0.231 e. The van der Waals surface area contributed by atoms with E-state index in [1.807, 2.05) is 24.3 Å². The van der Waals surface area contributed by atoms with Crippen LogP contribution in [-0.2, 0) is 0 Å². The lowest BCUT2D eigenvalue weighted by Crippen LogP contribution is -1.92. The second kappa shape index (κ2) is 3.13. The van der Waals surface area contributed by atoms with Crippen LogP contribution in [0.15, 0.2) is 24.3 Å². The number of nitrogen functional groups attached to an aromatic ring is 1. The second-order valence-corrected chi connectivity index (χ2v) is 4.02. The third-order valence-corrected chi connectivity index (χ3v) is 2.81. The number of rotatable bonds is 1. The highest BCUT2D eigenvalue weighted by atomic mass is 32.1. The lowest BCUT2D eigenvalue weighted by Gasteiger charge is -1.98. The molecule has 3 rings (SSSR count). The molecule has 0 aliphatic carbocycles. The van der Waals surface area contributed by atoms with Crippen LogP contribution in [0.5, 0.6) is 11.5 Å². The lowest BCUT2D eigenvalue weighted by molar-refractivity contribution is 0.174. The summed E-state index contributed by atoms with van der Waals surface area (Å²) in [5.41, 5.74) is 7.49. The summed E-state index contributed by atoms with van der Waals surface area (Å²) in [6, 6.07) is 7.59. The highest BCUT2D eigenvalue weighted by Gasteiger charge is 2.14. The molecule has 15 heavy (non-hydrogen) atoms. The number of hydrogen-bond donors (Lipinski definition) is 1. The first-order valence-electron chi connectivity index (χ1n) is 4.45. The topological polar surface area (TPSA) is 57.4 Å². The van der Waals surface area contributed by atoms with Crippen molar-refractivity contribution >= 4 is 16.5 Å². The number of ether oxygens (including phenoxy) is 2. The Morgan fingerprint density at radius 3 is 2.87 bits per heavy atom. The molecule has 0 atom stereocenters. The van der Waals surface area contributed by atoms with Gasteiger partial charge in [-0.25, -0.2) is 0 Å². The molecule has 2 aromatic rings. The third-order valence-electron chi connectivity index (χ3n) is 2.20. The van der Waals surface area contributed by atoms with Gasteiger partial charge in [0.05, 0.1) is 5.69 Å². The normalized spacial score (nSPS) is 13.1. The molecule has 76 valence electrons. The SMILES string of the molecule is Nc1cc(-c2ccc3c(c2)OCO3)ns1. The van der Waals surface area contributed by atoms with E-state index in [1.165, 1.54) is 11.5 Å². The zero-order valence-electron chi connectivity index (χ0n) is 7.77. The molecule has 4 nitrogen and oxygen atoms in total. The maximum absolute atomic E-state index is 5.63. The minimum Gasteiger partial charge on any atom is -0.454 e. The predicted molar refractivity (Wildman–Crippen MR) is 58.1 cm³/mol. The standard InChI is InChI=1S/C10H8N2O2S/c11-10-4-7(12-15-10)6-1-2-8-9(3-6)14-5-13-8/h1-4H,5,11H2. The van der Waals surface area contributed by atoms with Crippen molar-refractivity contribution in [2.45, 2.75) is 0 Å². The van der Waals surface area contributed by atoms with Gasteiger partial charge in [-0.1, -0.05) is 0 Å². The number of hydrogen-bond acceptors (Lipinski definition) is 5. The molecule has 2 N–H and O–H groups in total. The summed E-state index contributed by atoms with van der Waals surface area (Å²) < 4.78 is 14.8. The van der Waals surface area contributed by atoms with Crippen LogP contribution in [0.3, 0.4) is 0 Å². The number of benzene rings is 1. The zero-order valence-corrected chi connectivity index (χ0v) is 8.58. The van der Waals surface area contributed by atoms with E-state index in [2.05, 4.69) is 4.37 Å². The summed E-state index contributed by atoms with van der Waals surface area (Å²) in [6.07, 6.45) is 0. The molecule has 0 fully saturated rings. The quantitative estimate of drug-likeness (QED) is 0.799. The van der Waals surface area contributed by atoms with Crippen molar-refractivity contribution in [2.24, 2.45) is 0 Å². The van der Waals surface area contributed by atoms with Gasteiger partial charge in [-0.3, -0.25) is 0 Å². The van der Waals surface area contributed by atoms with Crippen molar-refractivity contribution in [3.05, 3.63) is 24.3 Å². The average molecular weight is 220 g/mol. The Balaban J connectivity index is 2.06. The molecule has 0 radical (unpaired) electrons. The Labute approximate surface area is 90.4 Å². The van der Waals surface area contributed by atoms with Gasteiger partial charge in [-0.2, -0.15) is 4.37 Å². The van der Waals surface area contributed by atoms with Crippen LogP contribution >= 0.6 is 11.5 Å². The molecule has 1 aliphatic heterocycles. The molecule has 2 heterocycles. The van der Waals surface area contributed by atoms with E-state index in [0.717, 1.165) is 22.8 Å². The van der Waals surface area contributed by atoms with Crippen LogP contribution < -0.4 is 15.2 Å². The molecular formula is C10H8N2O2S. The summed E-state index contributed by atoms with van der Waals surface area (Å²) >= 11 is 1.29. The van der Waals surface area contributed by atoms with Crippen molar-refractivity contribution in [1.29, 1.82) is 0 Å². The van der Waals surface area contributed by atoms with Crippen molar-refractivity contribution in [2.75, 3.05) is 12.5 Å². The van der Waals surface area contributed by atoms with E-state index < -0.39 is 0 Å². The van der Waals surface area contributed by atoms with E-state index in [0.29, 0.717) is 5.00 Å². The van der Waals surface area contributed by atoms with Crippen LogP contribution in [0.1, 0.15) is 0 Å². The van der Waals surface area contributed by atoms with E-state index >= 15 is 0 Å². The van der Waals surface area contributed by atoms with Gasteiger partial charge < -0.3 is 15.2 Å². The van der Waals surface area contributed by atoms with Gasteiger partial charge in [0, 0.05) is 11.6 Å². The minimum absolute atomic E-state index is 0.290. The van der Waals surface area contributed by atoms with Crippen molar-refractivity contribution in [1.82, 2.24) is 4.37 Å². The van der Waals surface area contributed by atoms with Gasteiger partial charge in [0.2, 0.25) is 6.79 Å². The molecule has 1 aromatic carbocycles. The van der Waals surface area contributed by atoms with Gasteiger partial charge in [-0.15, -0.1) is 0 Å². The first-order valence-corrected chi connectivity index (χ1v) is 5.22. The largest absolute Gasteiger partial charge is 0.454 e. The molecule has 1 aliphatic rings. The van der Waals surface area contributed by atoms with Crippen LogP contribution in [-0.4, -0.2) is 11.2 Å². The zero-order chi connectivity index (χ0) is 10.3. The molecule has 0 saturated heterocycles. The average Bonchev–Trinajstić information content (AvgIpc) is 2.84. The van der Waals surface area contributed by atoms with Crippen molar-refractivity contribution in [3.8, 4) is 22.8 Å². The Bertz CT molecular complexity index is 510. The van der Waals surface area contributed by atoms with Gasteiger partial charge in [0.1, 0.15) is 5.00 Å². The lowest BCUT2D eigenvalue weighted by atomic mass is 10.1. The summed E-state index contributed by atoms with van der Waals surface area (Å²) in [7, 11) is 0. The van der Waals surface area contributed by atoms with Crippen LogP contribution in [0, 0.1) is 0 Å². The molecule has 0 amide bonds. The number of nitrogens with two attached hydrogens (primary N) is 1. The summed E-state index contributed by atoms with van der Waals surface area (Å²) in [4.78, 5) is 0. The molecule has 0 bridgehead atoms. The highest BCUT2D eigenvalue weighted by Crippen LogP contribution is 2.36. The van der Waals surface area contributed by atoms with E-state index in [-0.39, 0.29) is 6.79 Å². The van der Waals surface area contributed by atoms with E-state index in [9.17, 15) is 0 Å². The van der Waals surface area contributed by atoms with Crippen LogP contribution in [0.25, 0.3) is 11.3 Å². The Morgan fingerprint density at radius 1 is 1.20 bits per heavy atom. The van der Waals surface area contributed by atoms with Gasteiger partial charge in [0.15, 0.2) is 11.5 Å². The van der Waals surface area contributed by atoms with Crippen molar-refractivity contribution in [3.63, 3.8) is 0 Å². The molecular weight excluding hydrogens is 212 g/mol. The fourth-order valence-electron chi connectivity index (χ4n) is 1.48. The number of anilines is 1. The Morgan fingerprint density at radius 2 is 2.07 bits per heavy atom. The number of fused-ring (bicyclic) bond motifs is 1. The number of aromatic nitrogens is 1. The fraction of sp³-hybridized carbons (Fsp3) is 0.100. The first kappa shape index (κ1) is 8.55. The van der Waals surface area contributed by atoms with Gasteiger partial charge >= 0.3 is 0 Å². The van der Waals surface area contributed by atoms with E-state index in [4.69, 9.17) is 15.2 Å². The van der Waals surface area contributed by atoms with Crippen LogP contribution in [0.2, 0.25) is 0 Å². The highest BCUT2D eigenvalue weighted by molar-refractivity contribution is 7.10. The van der Waals surface area contributed by atoms with Crippen molar-refractivity contribution < 1.29 is 9.47 Å². The molecule has 0 unspecified atom stereocenters. The summed E-state index contributed by atoms with van der Waals surface area (Å²) in [5, 5.41) is 0.711. The summed E-state index contributed by atoms with van der Waals surface area (Å²) in [5.74, 6) is 1.54. The molecule has 1 aromatic heterocycles. The van der Waals surface area contributed by atoms with E-state index in [1.54, 1.807) is 0 Å². The number of nitrogens with zero attached hydrogens (tertiary/aromatic N) is 1. The second-order valence-electron chi connectivity index (χ2n) is 3.18. The monoisotopic (exact) mass is 220 g/mol. The summed E-state index contributed by atoms with van der Waals surface area (Å²) in [6.45, 7) is 0.290. The van der Waals surface area contributed by atoms with Gasteiger partial charge in [0.25, 0.3) is 0 Å². The third kappa shape index (κ3) is 1.41. The molecule has 5 heteroatoms. The first-order chi connectivity index (χ1) is 7.33. The Kier molecular flexibility index (Phi) is 1.78. The Hall–Kier alpha value is -1.75. The minimum atomic E-state index is 0.290. The predicted octanol–water partition coefficient (Wildman–Crippen LogP) is 2.12. The fourth-order valence-corrected chi connectivity index (χ4v) is 2.01. The van der Waals surface area contributed by atoms with Gasteiger partial charge in [-0.05, 0) is 29.7 Å². The maximum atomic E-state index is 5.63. The van der Waals surface area contributed by atoms with Crippen LogP contribution in [0.4, 0.5) is 5.00 Å².